The zero-order valence-electron chi connectivity index (χ0n) is 29.9. The smallest absolute Gasteiger partial charge is 0.306 e. The Morgan fingerprint density at radius 2 is 1.33 bits per heavy atom. The summed E-state index contributed by atoms with van der Waals surface area (Å²) in [6.07, 6.45) is 20.8. The molecule has 260 valence electrons. The van der Waals surface area contributed by atoms with Crippen LogP contribution in [0.25, 0.3) is 0 Å². The van der Waals surface area contributed by atoms with Gasteiger partial charge in [0.2, 0.25) is 0 Å². The fourth-order valence-electron chi connectivity index (χ4n) is 5.54. The molecule has 0 saturated carbocycles. The Kier molecular flexibility index (Phi) is 24.9. The highest BCUT2D eigenvalue weighted by Gasteiger charge is 2.20. The van der Waals surface area contributed by atoms with E-state index >= 15 is 0 Å². The Labute approximate surface area is 277 Å². The summed E-state index contributed by atoms with van der Waals surface area (Å²) in [6, 6.07) is 10.3. The number of nitrogens with zero attached hydrogens (tertiary/aromatic N) is 1. The normalized spacial score (nSPS) is 12.4. The highest BCUT2D eigenvalue weighted by molar-refractivity contribution is 5.69. The van der Waals surface area contributed by atoms with Crippen LogP contribution in [-0.4, -0.2) is 56.8 Å². The molecule has 0 radical (unpaired) electrons. The molecule has 0 aliphatic carbocycles. The number of hydrogen-bond acceptors (Lipinski definition) is 6. The molecule has 0 saturated heterocycles. The Hall–Kier alpha value is -1.92. The fraction of sp³-hybridized carbons (Fsp3) is 0.795. The van der Waals surface area contributed by atoms with Crippen molar-refractivity contribution >= 4 is 11.9 Å². The molecule has 6 nitrogen and oxygen atoms in total. The van der Waals surface area contributed by atoms with Gasteiger partial charge in [-0.2, -0.15) is 0 Å². The third kappa shape index (κ3) is 25.9. The van der Waals surface area contributed by atoms with Crippen LogP contribution in [0.5, 0.6) is 0 Å². The fourth-order valence-corrected chi connectivity index (χ4v) is 5.54. The molecule has 0 bridgehead atoms. The number of unbranched alkanes of at least 4 members (excludes halogenated alkanes) is 11. The largest absolute Gasteiger partial charge is 0.465 e. The lowest BCUT2D eigenvalue weighted by molar-refractivity contribution is -0.150. The molecule has 0 aliphatic heterocycles. The van der Waals surface area contributed by atoms with Crippen LogP contribution in [0.4, 0.5) is 0 Å². The molecule has 0 fully saturated rings. The summed E-state index contributed by atoms with van der Waals surface area (Å²) in [5.41, 5.74) is 1.21. The minimum atomic E-state index is -0.0543. The molecule has 0 aromatic heterocycles. The molecule has 0 heterocycles. The van der Waals surface area contributed by atoms with Crippen LogP contribution in [0.3, 0.4) is 0 Å². The SMILES string of the molecule is CCCCCCCCC(=O)OCC(C)(C)CCCCCC(CCCCCCCOCc1ccccc1)OC(=O)CCCN(C)C. The predicted octanol–water partition coefficient (Wildman–Crippen LogP) is 10.1. The quantitative estimate of drug-likeness (QED) is 0.0622. The van der Waals surface area contributed by atoms with E-state index in [0.717, 1.165) is 83.8 Å². The van der Waals surface area contributed by atoms with E-state index in [1.165, 1.54) is 50.5 Å². The van der Waals surface area contributed by atoms with Crippen molar-refractivity contribution in [3.8, 4) is 0 Å². The van der Waals surface area contributed by atoms with Gasteiger partial charge in [0.1, 0.15) is 6.10 Å². The molecule has 1 atom stereocenters. The van der Waals surface area contributed by atoms with Crippen LogP contribution >= 0.6 is 0 Å². The Bertz CT molecular complexity index is 841. The average Bonchev–Trinajstić information content (AvgIpc) is 3.01. The molecule has 0 amide bonds. The molecular weight excluding hydrogens is 562 g/mol. The molecule has 45 heavy (non-hydrogen) atoms. The van der Waals surface area contributed by atoms with Crippen LogP contribution in [-0.2, 0) is 30.4 Å². The van der Waals surface area contributed by atoms with Gasteiger partial charge in [-0.05, 0) is 83.0 Å². The van der Waals surface area contributed by atoms with Gasteiger partial charge >= 0.3 is 11.9 Å². The molecule has 0 spiro atoms. The lowest BCUT2D eigenvalue weighted by atomic mass is 9.87. The van der Waals surface area contributed by atoms with Crippen LogP contribution in [0, 0.1) is 5.41 Å². The van der Waals surface area contributed by atoms with Crippen molar-refractivity contribution in [2.45, 2.75) is 162 Å². The van der Waals surface area contributed by atoms with Gasteiger partial charge < -0.3 is 19.1 Å². The van der Waals surface area contributed by atoms with Gasteiger partial charge in [-0.3, -0.25) is 9.59 Å². The Balaban J connectivity index is 2.25. The van der Waals surface area contributed by atoms with E-state index in [1.807, 2.05) is 32.3 Å². The predicted molar refractivity (Wildman–Crippen MR) is 187 cm³/mol. The monoisotopic (exact) mass is 632 g/mol. The van der Waals surface area contributed by atoms with Crippen LogP contribution < -0.4 is 0 Å². The maximum Gasteiger partial charge on any atom is 0.306 e. The van der Waals surface area contributed by atoms with Crippen LogP contribution in [0.15, 0.2) is 30.3 Å². The molecular formula is C39H69NO5. The van der Waals surface area contributed by atoms with E-state index in [4.69, 9.17) is 14.2 Å². The topological polar surface area (TPSA) is 65.1 Å². The number of benzene rings is 1. The van der Waals surface area contributed by atoms with Gasteiger partial charge in [-0.25, -0.2) is 0 Å². The summed E-state index contributed by atoms with van der Waals surface area (Å²) in [4.78, 5) is 26.8. The molecule has 1 aromatic carbocycles. The second kappa shape index (κ2) is 27.2. The van der Waals surface area contributed by atoms with Crippen LogP contribution in [0.1, 0.15) is 155 Å². The number of rotatable bonds is 30. The van der Waals surface area contributed by atoms with E-state index < -0.39 is 0 Å². The van der Waals surface area contributed by atoms with Crippen molar-refractivity contribution < 1.29 is 23.8 Å². The van der Waals surface area contributed by atoms with Crippen molar-refractivity contribution in [2.24, 2.45) is 5.41 Å². The van der Waals surface area contributed by atoms with Crippen molar-refractivity contribution in [3.63, 3.8) is 0 Å². The van der Waals surface area contributed by atoms with E-state index in [2.05, 4.69) is 37.8 Å². The summed E-state index contributed by atoms with van der Waals surface area (Å²) in [5.74, 6) is -0.105. The summed E-state index contributed by atoms with van der Waals surface area (Å²) in [7, 11) is 4.07. The molecule has 6 heteroatoms. The standard InChI is InChI=1S/C39H69NO5/c1-6-7-8-9-12-20-28-37(41)44-34-39(2,3)30-21-15-19-27-36(45-38(42)29-23-31-40(4)5)26-18-11-10-13-22-32-43-33-35-24-16-14-17-25-35/h14,16-17,24-25,36H,6-13,15,18-23,26-34H2,1-5H3. The summed E-state index contributed by atoms with van der Waals surface area (Å²) in [6.45, 7) is 9.50. The second-order valence-corrected chi connectivity index (χ2v) is 14.1. The maximum atomic E-state index is 12.5. The molecule has 1 unspecified atom stereocenters. The van der Waals surface area contributed by atoms with Gasteiger partial charge in [0.25, 0.3) is 0 Å². The lowest BCUT2D eigenvalue weighted by Crippen LogP contribution is -2.22. The highest BCUT2D eigenvalue weighted by atomic mass is 16.5. The van der Waals surface area contributed by atoms with E-state index in [0.29, 0.717) is 26.1 Å². The third-order valence-electron chi connectivity index (χ3n) is 8.45. The van der Waals surface area contributed by atoms with Gasteiger partial charge in [0.15, 0.2) is 0 Å². The van der Waals surface area contributed by atoms with Crippen molar-refractivity contribution in [2.75, 3.05) is 33.9 Å². The van der Waals surface area contributed by atoms with Crippen molar-refractivity contribution in [3.05, 3.63) is 35.9 Å². The minimum absolute atomic E-state index is 0.0122. The van der Waals surface area contributed by atoms with Crippen molar-refractivity contribution in [1.82, 2.24) is 4.90 Å². The van der Waals surface area contributed by atoms with E-state index in [9.17, 15) is 9.59 Å². The van der Waals surface area contributed by atoms with E-state index in [-0.39, 0.29) is 23.5 Å². The van der Waals surface area contributed by atoms with Gasteiger partial charge in [0, 0.05) is 19.4 Å². The number of carbonyl (C=O) groups is 2. The Morgan fingerprint density at radius 3 is 2.02 bits per heavy atom. The zero-order chi connectivity index (χ0) is 33.0. The zero-order valence-corrected chi connectivity index (χ0v) is 29.9. The first-order valence-electron chi connectivity index (χ1n) is 18.3. The molecule has 0 N–H and O–H groups in total. The van der Waals surface area contributed by atoms with Crippen LogP contribution in [0.2, 0.25) is 0 Å². The van der Waals surface area contributed by atoms with E-state index in [1.54, 1.807) is 0 Å². The minimum Gasteiger partial charge on any atom is -0.465 e. The Morgan fingerprint density at radius 1 is 0.733 bits per heavy atom. The lowest BCUT2D eigenvalue weighted by Gasteiger charge is -2.24. The third-order valence-corrected chi connectivity index (χ3v) is 8.45. The van der Waals surface area contributed by atoms with Gasteiger partial charge in [-0.1, -0.05) is 115 Å². The highest BCUT2D eigenvalue weighted by Crippen LogP contribution is 2.25. The number of hydrogen-bond donors (Lipinski definition) is 0. The number of ether oxygens (including phenoxy) is 3. The summed E-state index contributed by atoms with van der Waals surface area (Å²) < 4.78 is 17.4. The number of esters is 2. The number of carbonyl (C=O) groups excluding carboxylic acids is 2. The second-order valence-electron chi connectivity index (χ2n) is 14.1. The molecule has 0 aliphatic rings. The first-order valence-corrected chi connectivity index (χ1v) is 18.3. The maximum absolute atomic E-state index is 12.5. The van der Waals surface area contributed by atoms with Crippen molar-refractivity contribution in [1.29, 1.82) is 0 Å². The summed E-state index contributed by atoms with van der Waals surface area (Å²) >= 11 is 0. The average molecular weight is 632 g/mol. The molecule has 1 aromatic rings. The van der Waals surface area contributed by atoms with Gasteiger partial charge in [-0.15, -0.1) is 0 Å². The molecule has 1 rings (SSSR count). The first-order chi connectivity index (χ1) is 21.7. The summed E-state index contributed by atoms with van der Waals surface area (Å²) in [5, 5.41) is 0. The first kappa shape index (κ1) is 41.1. The van der Waals surface area contributed by atoms with Gasteiger partial charge in [0.05, 0.1) is 13.2 Å².